The van der Waals surface area contributed by atoms with Gasteiger partial charge in [0.15, 0.2) is 11.8 Å². The lowest BCUT2D eigenvalue weighted by Gasteiger charge is -2.04. The quantitative estimate of drug-likeness (QED) is 0.766. The SMILES string of the molecule is O=C(O)C(O)c1nn(Cc2ccccc2F)c2ncccc12. The van der Waals surface area contributed by atoms with Gasteiger partial charge >= 0.3 is 5.97 Å². The van der Waals surface area contributed by atoms with Gasteiger partial charge < -0.3 is 10.2 Å². The fourth-order valence-electron chi connectivity index (χ4n) is 2.25. The van der Waals surface area contributed by atoms with Crippen LogP contribution in [0.1, 0.15) is 17.4 Å². The predicted octanol–water partition coefficient (Wildman–Crippen LogP) is 1.74. The number of benzene rings is 1. The van der Waals surface area contributed by atoms with Gasteiger partial charge in [0.25, 0.3) is 0 Å². The molecule has 0 bridgehead atoms. The van der Waals surface area contributed by atoms with Crippen LogP contribution in [0, 0.1) is 5.82 Å². The molecule has 0 spiro atoms. The minimum Gasteiger partial charge on any atom is -0.479 e. The third-order valence-electron chi connectivity index (χ3n) is 3.31. The first-order valence-corrected chi connectivity index (χ1v) is 6.53. The summed E-state index contributed by atoms with van der Waals surface area (Å²) in [5, 5.41) is 23.2. The number of carboxylic acids is 1. The highest BCUT2D eigenvalue weighted by atomic mass is 19.1. The zero-order chi connectivity index (χ0) is 15.7. The third kappa shape index (κ3) is 2.42. The number of fused-ring (bicyclic) bond motifs is 1. The van der Waals surface area contributed by atoms with Crippen LogP contribution in [0.4, 0.5) is 4.39 Å². The van der Waals surface area contributed by atoms with Gasteiger partial charge in [-0.05, 0) is 18.2 Å². The molecule has 0 aliphatic rings. The Hall–Kier alpha value is -2.80. The Morgan fingerprint density at radius 3 is 2.77 bits per heavy atom. The number of hydrogen-bond donors (Lipinski definition) is 2. The van der Waals surface area contributed by atoms with Crippen molar-refractivity contribution in [3.05, 3.63) is 59.7 Å². The number of nitrogens with zero attached hydrogens (tertiary/aromatic N) is 3. The molecule has 2 heterocycles. The van der Waals surface area contributed by atoms with Crippen LogP contribution in [0.2, 0.25) is 0 Å². The smallest absolute Gasteiger partial charge is 0.338 e. The molecule has 112 valence electrons. The van der Waals surface area contributed by atoms with Gasteiger partial charge in [-0.2, -0.15) is 5.10 Å². The molecule has 3 rings (SSSR count). The number of carboxylic acid groups (broad SMARTS) is 1. The highest BCUT2D eigenvalue weighted by Crippen LogP contribution is 2.23. The summed E-state index contributed by atoms with van der Waals surface area (Å²) in [5.74, 6) is -1.79. The van der Waals surface area contributed by atoms with Crippen LogP contribution >= 0.6 is 0 Å². The van der Waals surface area contributed by atoms with Gasteiger partial charge in [0.1, 0.15) is 11.5 Å². The molecule has 0 amide bonds. The van der Waals surface area contributed by atoms with Crippen molar-refractivity contribution in [2.45, 2.75) is 12.6 Å². The molecule has 7 heteroatoms. The molecule has 0 aliphatic heterocycles. The van der Waals surface area contributed by atoms with Crippen LogP contribution in [0.25, 0.3) is 11.0 Å². The fourth-order valence-corrected chi connectivity index (χ4v) is 2.25. The van der Waals surface area contributed by atoms with Crippen LogP contribution in [0.3, 0.4) is 0 Å². The van der Waals surface area contributed by atoms with E-state index >= 15 is 0 Å². The monoisotopic (exact) mass is 301 g/mol. The Kier molecular flexibility index (Phi) is 3.56. The van der Waals surface area contributed by atoms with Gasteiger partial charge in [-0.3, -0.25) is 0 Å². The van der Waals surface area contributed by atoms with Gasteiger partial charge in [0.2, 0.25) is 0 Å². The largest absolute Gasteiger partial charge is 0.479 e. The number of pyridine rings is 1. The molecule has 2 aromatic heterocycles. The van der Waals surface area contributed by atoms with Crippen molar-refractivity contribution in [3.8, 4) is 0 Å². The van der Waals surface area contributed by atoms with E-state index in [4.69, 9.17) is 5.11 Å². The van der Waals surface area contributed by atoms with E-state index in [1.165, 1.54) is 16.9 Å². The van der Waals surface area contributed by atoms with Gasteiger partial charge in [-0.25, -0.2) is 18.9 Å². The molecule has 0 saturated carbocycles. The van der Waals surface area contributed by atoms with Crippen LogP contribution in [0.5, 0.6) is 0 Å². The van der Waals surface area contributed by atoms with Crippen LogP contribution in [0.15, 0.2) is 42.6 Å². The summed E-state index contributed by atoms with van der Waals surface area (Å²) in [6.07, 6.45) is -0.229. The minimum atomic E-state index is -1.76. The fraction of sp³-hybridized carbons (Fsp3) is 0.133. The lowest BCUT2D eigenvalue weighted by atomic mass is 10.2. The van der Waals surface area contributed by atoms with Crippen LogP contribution < -0.4 is 0 Å². The van der Waals surface area contributed by atoms with Gasteiger partial charge in [0, 0.05) is 17.1 Å². The Balaban J connectivity index is 2.11. The molecule has 0 fully saturated rings. The summed E-state index contributed by atoms with van der Waals surface area (Å²) in [7, 11) is 0. The normalized spacial score (nSPS) is 12.5. The van der Waals surface area contributed by atoms with E-state index in [0.717, 1.165) is 0 Å². The standard InChI is InChI=1S/C15H12FN3O3/c16-11-6-2-1-4-9(11)8-19-14-10(5-3-7-17-14)12(18-19)13(20)15(21)22/h1-7,13,20H,8H2,(H,21,22). The molecule has 0 radical (unpaired) electrons. The number of aliphatic hydroxyl groups is 1. The predicted molar refractivity (Wildman–Crippen MR) is 75.6 cm³/mol. The van der Waals surface area contributed by atoms with Gasteiger partial charge in [-0.1, -0.05) is 18.2 Å². The average molecular weight is 301 g/mol. The second-order valence-corrected chi connectivity index (χ2v) is 4.75. The molecule has 1 atom stereocenters. The minimum absolute atomic E-state index is 0.00746. The maximum atomic E-state index is 13.8. The van der Waals surface area contributed by atoms with E-state index in [0.29, 0.717) is 16.6 Å². The topological polar surface area (TPSA) is 88.2 Å². The Morgan fingerprint density at radius 2 is 2.05 bits per heavy atom. The molecule has 6 nitrogen and oxygen atoms in total. The Morgan fingerprint density at radius 1 is 1.27 bits per heavy atom. The number of aliphatic carboxylic acids is 1. The molecule has 22 heavy (non-hydrogen) atoms. The maximum Gasteiger partial charge on any atom is 0.338 e. The molecule has 1 aromatic carbocycles. The van der Waals surface area contributed by atoms with E-state index in [9.17, 15) is 14.3 Å². The van der Waals surface area contributed by atoms with E-state index in [-0.39, 0.29) is 18.1 Å². The first-order valence-electron chi connectivity index (χ1n) is 6.53. The van der Waals surface area contributed by atoms with Crippen molar-refractivity contribution >= 4 is 17.0 Å². The molecule has 0 saturated heterocycles. The van der Waals surface area contributed by atoms with Crippen molar-refractivity contribution < 1.29 is 19.4 Å². The van der Waals surface area contributed by atoms with Crippen molar-refractivity contribution in [2.75, 3.05) is 0 Å². The maximum absolute atomic E-state index is 13.8. The number of hydrogen-bond acceptors (Lipinski definition) is 4. The van der Waals surface area contributed by atoms with Crippen molar-refractivity contribution in [1.29, 1.82) is 0 Å². The first kappa shape index (κ1) is 14.2. The molecule has 2 N–H and O–H groups in total. The molecule has 3 aromatic rings. The number of halogens is 1. The Labute approximate surface area is 124 Å². The van der Waals surface area contributed by atoms with Crippen molar-refractivity contribution in [3.63, 3.8) is 0 Å². The molecular weight excluding hydrogens is 289 g/mol. The zero-order valence-electron chi connectivity index (χ0n) is 11.3. The zero-order valence-corrected chi connectivity index (χ0v) is 11.3. The van der Waals surface area contributed by atoms with Crippen molar-refractivity contribution in [1.82, 2.24) is 14.8 Å². The average Bonchev–Trinajstić information content (AvgIpc) is 2.88. The Bertz CT molecular complexity index is 847. The summed E-state index contributed by atoms with van der Waals surface area (Å²) in [4.78, 5) is 15.1. The number of rotatable bonds is 4. The molecule has 0 aliphatic carbocycles. The van der Waals surface area contributed by atoms with E-state index in [1.807, 2.05) is 0 Å². The van der Waals surface area contributed by atoms with Crippen LogP contribution in [-0.2, 0) is 11.3 Å². The number of aliphatic hydroxyl groups excluding tert-OH is 1. The second-order valence-electron chi connectivity index (χ2n) is 4.75. The highest BCUT2D eigenvalue weighted by molar-refractivity contribution is 5.84. The summed E-state index contributed by atoms with van der Waals surface area (Å²) < 4.78 is 15.1. The van der Waals surface area contributed by atoms with Gasteiger partial charge in [0.05, 0.1) is 6.54 Å². The summed E-state index contributed by atoms with van der Waals surface area (Å²) >= 11 is 0. The van der Waals surface area contributed by atoms with E-state index in [1.54, 1.807) is 30.3 Å². The second kappa shape index (κ2) is 5.53. The molecular formula is C15H12FN3O3. The number of aromatic nitrogens is 3. The van der Waals surface area contributed by atoms with Gasteiger partial charge in [-0.15, -0.1) is 0 Å². The third-order valence-corrected chi connectivity index (χ3v) is 3.31. The lowest BCUT2D eigenvalue weighted by molar-refractivity contribution is -0.147. The summed E-state index contributed by atoms with van der Waals surface area (Å²) in [5.41, 5.74) is 0.780. The summed E-state index contributed by atoms with van der Waals surface area (Å²) in [6.45, 7) is 0.0898. The number of carbonyl (C=O) groups is 1. The lowest BCUT2D eigenvalue weighted by Crippen LogP contribution is -2.12. The van der Waals surface area contributed by atoms with Crippen LogP contribution in [-0.4, -0.2) is 30.9 Å². The van der Waals surface area contributed by atoms with E-state index in [2.05, 4.69) is 10.1 Å². The first-order chi connectivity index (χ1) is 10.6. The molecule has 1 unspecified atom stereocenters. The van der Waals surface area contributed by atoms with E-state index < -0.39 is 12.1 Å². The van der Waals surface area contributed by atoms with Crippen molar-refractivity contribution in [2.24, 2.45) is 0 Å². The highest BCUT2D eigenvalue weighted by Gasteiger charge is 2.24. The summed E-state index contributed by atoms with van der Waals surface area (Å²) in [6, 6.07) is 9.47.